The number of benzene rings is 1. The van der Waals surface area contributed by atoms with Crippen LogP contribution in [0.4, 0.5) is 8.78 Å². The van der Waals surface area contributed by atoms with E-state index in [-0.39, 0.29) is 17.6 Å². The van der Waals surface area contributed by atoms with Crippen molar-refractivity contribution in [3.8, 4) is 11.3 Å². The third-order valence-electron chi connectivity index (χ3n) is 6.57. The van der Waals surface area contributed by atoms with Crippen LogP contribution in [0.5, 0.6) is 0 Å². The summed E-state index contributed by atoms with van der Waals surface area (Å²) in [6.45, 7) is 4.21. The van der Waals surface area contributed by atoms with Crippen molar-refractivity contribution in [2.75, 3.05) is 6.61 Å². The molecule has 0 bridgehead atoms. The molecule has 2 aliphatic rings. The van der Waals surface area contributed by atoms with Gasteiger partial charge < -0.3 is 4.74 Å². The predicted molar refractivity (Wildman–Crippen MR) is 119 cm³/mol. The molecule has 10 heteroatoms. The maximum atomic E-state index is 14.8. The molecule has 174 valence electrons. The molecule has 1 aliphatic carbocycles. The van der Waals surface area contributed by atoms with E-state index in [2.05, 4.69) is 20.3 Å². The summed E-state index contributed by atoms with van der Waals surface area (Å²) in [7, 11) is 0. The molecule has 0 radical (unpaired) electrons. The highest BCUT2D eigenvalue weighted by molar-refractivity contribution is 5.87. The quantitative estimate of drug-likeness (QED) is 0.439. The summed E-state index contributed by atoms with van der Waals surface area (Å²) in [6.07, 6.45) is 5.33. The summed E-state index contributed by atoms with van der Waals surface area (Å²) >= 11 is 0. The summed E-state index contributed by atoms with van der Waals surface area (Å²) in [4.78, 5) is 18.7. The molecule has 8 nitrogen and oxygen atoms in total. The molecule has 1 aromatic carbocycles. The maximum absolute atomic E-state index is 14.8. The maximum Gasteiger partial charge on any atom is 0.182 e. The van der Waals surface area contributed by atoms with E-state index in [0.717, 1.165) is 30.3 Å². The van der Waals surface area contributed by atoms with Gasteiger partial charge in [0.1, 0.15) is 40.5 Å². The third kappa shape index (κ3) is 3.81. The van der Waals surface area contributed by atoms with Crippen LogP contribution in [0.1, 0.15) is 66.7 Å². The molecule has 0 spiro atoms. The largest absolute Gasteiger partial charge is 0.372 e. The second-order valence-electron chi connectivity index (χ2n) is 9.06. The van der Waals surface area contributed by atoms with Crippen LogP contribution in [-0.2, 0) is 4.74 Å². The van der Waals surface area contributed by atoms with Crippen molar-refractivity contribution in [2.45, 2.75) is 57.6 Å². The number of hydrogen-bond acceptors (Lipinski definition) is 7. The molecular formula is C24H23F2N7O. The van der Waals surface area contributed by atoms with Gasteiger partial charge in [0.2, 0.25) is 0 Å². The van der Waals surface area contributed by atoms with E-state index in [0.29, 0.717) is 53.9 Å². The minimum absolute atomic E-state index is 0.0418. The van der Waals surface area contributed by atoms with Crippen molar-refractivity contribution in [1.29, 1.82) is 0 Å². The number of aromatic nitrogens is 7. The van der Waals surface area contributed by atoms with Crippen LogP contribution >= 0.6 is 0 Å². The highest BCUT2D eigenvalue weighted by Crippen LogP contribution is 2.39. The van der Waals surface area contributed by atoms with E-state index >= 15 is 0 Å². The lowest BCUT2D eigenvalue weighted by Crippen LogP contribution is -2.21. The molecule has 2 fully saturated rings. The van der Waals surface area contributed by atoms with Crippen molar-refractivity contribution in [2.24, 2.45) is 0 Å². The predicted octanol–water partition coefficient (Wildman–Crippen LogP) is 4.54. The molecule has 0 amide bonds. The highest BCUT2D eigenvalue weighted by atomic mass is 19.1. The van der Waals surface area contributed by atoms with Gasteiger partial charge in [-0.25, -0.2) is 33.4 Å². The zero-order valence-electron chi connectivity index (χ0n) is 18.9. The summed E-state index contributed by atoms with van der Waals surface area (Å²) < 4.78 is 36.3. The van der Waals surface area contributed by atoms with Crippen LogP contribution in [-0.4, -0.2) is 41.5 Å². The van der Waals surface area contributed by atoms with Gasteiger partial charge in [0, 0.05) is 24.2 Å². The standard InChI is InChI=1S/C24H23F2N7O/c1-12-13(2)28-24-22(27-12)21(17-6-3-15(25)10-18(17)26)29-23(30-24)14-7-8-34-20(9-14)19-11-33(32-31-19)16-4-5-16/h3,6,10-11,14,16,20H,4-5,7-9H2,1-2H3/t14-,20+/m0/s1. The van der Waals surface area contributed by atoms with Gasteiger partial charge in [0.25, 0.3) is 0 Å². The third-order valence-corrected chi connectivity index (χ3v) is 6.57. The molecule has 2 atom stereocenters. The van der Waals surface area contributed by atoms with Crippen molar-refractivity contribution in [3.05, 3.63) is 58.9 Å². The Balaban J connectivity index is 1.41. The Morgan fingerprint density at radius 3 is 2.62 bits per heavy atom. The average Bonchev–Trinajstić information content (AvgIpc) is 3.56. The summed E-state index contributed by atoms with van der Waals surface area (Å²) in [5, 5.41) is 8.57. The number of ether oxygens (including phenoxy) is 1. The van der Waals surface area contributed by atoms with Crippen LogP contribution in [0.2, 0.25) is 0 Å². The minimum atomic E-state index is -0.701. The number of rotatable bonds is 4. The fraction of sp³-hybridized carbons (Fsp3) is 0.417. The first-order valence-electron chi connectivity index (χ1n) is 11.5. The van der Waals surface area contributed by atoms with Crippen molar-refractivity contribution in [1.82, 2.24) is 34.9 Å². The number of fused-ring (bicyclic) bond motifs is 1. The van der Waals surface area contributed by atoms with E-state index in [9.17, 15) is 8.78 Å². The van der Waals surface area contributed by atoms with E-state index in [4.69, 9.17) is 14.7 Å². The molecule has 34 heavy (non-hydrogen) atoms. The van der Waals surface area contributed by atoms with Gasteiger partial charge in [0.05, 0.1) is 23.6 Å². The monoisotopic (exact) mass is 463 g/mol. The minimum Gasteiger partial charge on any atom is -0.372 e. The Morgan fingerprint density at radius 1 is 1.00 bits per heavy atom. The Kier molecular flexibility index (Phi) is 5.05. The zero-order chi connectivity index (χ0) is 23.4. The lowest BCUT2D eigenvalue weighted by molar-refractivity contribution is 0.00141. The van der Waals surface area contributed by atoms with Gasteiger partial charge >= 0.3 is 0 Å². The fourth-order valence-electron chi connectivity index (χ4n) is 4.37. The van der Waals surface area contributed by atoms with Crippen molar-refractivity contribution < 1.29 is 13.5 Å². The topological polar surface area (TPSA) is 91.5 Å². The first kappa shape index (κ1) is 21.2. The number of aryl methyl sites for hydroxylation is 2. The summed E-state index contributed by atoms with van der Waals surface area (Å²) in [5.74, 6) is -0.844. The average molecular weight is 463 g/mol. The number of halogens is 2. The Morgan fingerprint density at radius 2 is 1.82 bits per heavy atom. The van der Waals surface area contributed by atoms with E-state index in [1.807, 2.05) is 24.7 Å². The Labute approximate surface area is 194 Å². The normalized spacial score (nSPS) is 20.7. The number of hydrogen-bond donors (Lipinski definition) is 0. The lowest BCUT2D eigenvalue weighted by atomic mass is 9.93. The molecule has 0 unspecified atom stereocenters. The summed E-state index contributed by atoms with van der Waals surface area (Å²) in [5.41, 5.74) is 3.53. The second kappa shape index (κ2) is 8.12. The van der Waals surface area contributed by atoms with Gasteiger partial charge in [-0.2, -0.15) is 0 Å². The lowest BCUT2D eigenvalue weighted by Gasteiger charge is -2.27. The van der Waals surface area contributed by atoms with Gasteiger partial charge in [-0.3, -0.25) is 0 Å². The highest BCUT2D eigenvalue weighted by Gasteiger charge is 2.32. The van der Waals surface area contributed by atoms with Gasteiger partial charge in [-0.1, -0.05) is 5.21 Å². The molecule has 1 saturated carbocycles. The SMILES string of the molecule is Cc1nc2nc([C@H]3CCO[C@@H](c4cn(C5CC5)nn4)C3)nc(-c3ccc(F)cc3F)c2nc1C. The van der Waals surface area contributed by atoms with Crippen LogP contribution in [0.15, 0.2) is 24.4 Å². The Bertz CT molecular complexity index is 1400. The van der Waals surface area contributed by atoms with Gasteiger partial charge in [-0.05, 0) is 51.7 Å². The molecule has 0 N–H and O–H groups in total. The molecule has 4 heterocycles. The molecule has 1 aliphatic heterocycles. The van der Waals surface area contributed by atoms with Crippen molar-refractivity contribution in [3.63, 3.8) is 0 Å². The fourth-order valence-corrected chi connectivity index (χ4v) is 4.37. The zero-order valence-corrected chi connectivity index (χ0v) is 18.9. The summed E-state index contributed by atoms with van der Waals surface area (Å²) in [6, 6.07) is 3.90. The molecule has 4 aromatic rings. The van der Waals surface area contributed by atoms with Crippen molar-refractivity contribution >= 4 is 11.2 Å². The first-order chi connectivity index (χ1) is 16.5. The molecule has 6 rings (SSSR count). The van der Waals surface area contributed by atoms with E-state index in [1.54, 1.807) is 0 Å². The first-order valence-corrected chi connectivity index (χ1v) is 11.5. The van der Waals surface area contributed by atoms with E-state index < -0.39 is 11.6 Å². The van der Waals surface area contributed by atoms with Crippen LogP contribution in [0.25, 0.3) is 22.4 Å². The van der Waals surface area contributed by atoms with Crippen LogP contribution < -0.4 is 0 Å². The second-order valence-corrected chi connectivity index (χ2v) is 9.06. The molecule has 1 saturated heterocycles. The Hall–Kier alpha value is -3.40. The van der Waals surface area contributed by atoms with Gasteiger partial charge in [-0.15, -0.1) is 5.10 Å². The van der Waals surface area contributed by atoms with Crippen LogP contribution in [0, 0.1) is 25.5 Å². The number of nitrogens with zero attached hydrogens (tertiary/aromatic N) is 7. The van der Waals surface area contributed by atoms with E-state index in [1.165, 1.54) is 12.1 Å². The molecule has 3 aromatic heterocycles. The van der Waals surface area contributed by atoms with Gasteiger partial charge in [0.15, 0.2) is 5.65 Å². The smallest absolute Gasteiger partial charge is 0.182 e. The molecular weight excluding hydrogens is 440 g/mol. The van der Waals surface area contributed by atoms with Crippen LogP contribution in [0.3, 0.4) is 0 Å².